The summed E-state index contributed by atoms with van der Waals surface area (Å²) in [4.78, 5) is 25.0. The maximum absolute atomic E-state index is 13.1. The molecule has 6 nitrogen and oxygen atoms in total. The molecule has 0 saturated heterocycles. The Morgan fingerprint density at radius 2 is 2.29 bits per heavy atom. The van der Waals surface area contributed by atoms with Crippen molar-refractivity contribution in [3.05, 3.63) is 29.8 Å². The topological polar surface area (TPSA) is 88.5 Å². The van der Waals surface area contributed by atoms with Crippen molar-refractivity contribution in [2.24, 2.45) is 0 Å². The summed E-state index contributed by atoms with van der Waals surface area (Å²) in [6.45, 7) is -0.280. The van der Waals surface area contributed by atoms with Crippen LogP contribution >= 0.6 is 0 Å². The number of carbonyl (C=O) groups is 2. The fraction of sp³-hybridized carbons (Fsp3) is 0.300. The van der Waals surface area contributed by atoms with Crippen LogP contribution in [0.4, 0.5) is 4.39 Å². The number of rotatable bonds is 6. The third-order valence-corrected chi connectivity index (χ3v) is 1.77. The minimum absolute atomic E-state index is 0.0464. The highest BCUT2D eigenvalue weighted by molar-refractivity contribution is 5.94. The lowest BCUT2D eigenvalue weighted by Gasteiger charge is -2.05. The Hall–Kier alpha value is -2.02. The molecule has 0 radical (unpaired) electrons. The highest BCUT2D eigenvalue weighted by Crippen LogP contribution is 2.03. The summed E-state index contributed by atoms with van der Waals surface area (Å²) in [6.07, 6.45) is 2.24. The molecule has 0 saturated carbocycles. The minimum atomic E-state index is -1.09. The van der Waals surface area contributed by atoms with E-state index in [0.717, 1.165) is 6.20 Å². The Balaban J connectivity index is 2.31. The van der Waals surface area contributed by atoms with E-state index in [9.17, 15) is 14.0 Å². The van der Waals surface area contributed by atoms with Crippen LogP contribution in [0.2, 0.25) is 0 Å². The van der Waals surface area contributed by atoms with E-state index in [1.807, 2.05) is 0 Å². The van der Waals surface area contributed by atoms with Gasteiger partial charge >= 0.3 is 5.97 Å². The first-order valence-electron chi connectivity index (χ1n) is 4.78. The summed E-state index contributed by atoms with van der Waals surface area (Å²) in [5.41, 5.74) is -0.113. The van der Waals surface area contributed by atoms with Crippen LogP contribution in [0, 0.1) is 5.82 Å². The maximum atomic E-state index is 13.1. The highest BCUT2D eigenvalue weighted by atomic mass is 19.1. The molecule has 0 aliphatic carbocycles. The number of hydrogen-bond acceptors (Lipinski definition) is 4. The number of carboxylic acids is 1. The second kappa shape index (κ2) is 6.54. The van der Waals surface area contributed by atoms with Gasteiger partial charge in [0.05, 0.1) is 18.4 Å². The molecule has 0 unspecified atom stereocenters. The molecule has 0 aliphatic heterocycles. The van der Waals surface area contributed by atoms with Crippen LogP contribution in [0.1, 0.15) is 10.4 Å². The zero-order valence-corrected chi connectivity index (χ0v) is 8.85. The average molecular weight is 242 g/mol. The number of carboxylic acid groups (broad SMARTS) is 1. The van der Waals surface area contributed by atoms with Crippen LogP contribution < -0.4 is 5.32 Å². The molecule has 2 N–H and O–H groups in total. The van der Waals surface area contributed by atoms with Crippen LogP contribution in [0.5, 0.6) is 0 Å². The normalized spacial score (nSPS) is 9.94. The number of pyridine rings is 1. The molecule has 0 atom stereocenters. The Morgan fingerprint density at radius 3 is 2.94 bits per heavy atom. The average Bonchev–Trinajstić information content (AvgIpc) is 2.28. The third-order valence-electron chi connectivity index (χ3n) is 1.77. The van der Waals surface area contributed by atoms with Gasteiger partial charge in [-0.3, -0.25) is 9.78 Å². The number of carbonyl (C=O) groups excluding carboxylic acids is 1. The van der Waals surface area contributed by atoms with Crippen molar-refractivity contribution in [3.8, 4) is 0 Å². The smallest absolute Gasteiger partial charge is 0.329 e. The zero-order chi connectivity index (χ0) is 12.7. The molecule has 92 valence electrons. The van der Waals surface area contributed by atoms with Crippen molar-refractivity contribution < 1.29 is 23.8 Å². The van der Waals surface area contributed by atoms with Crippen molar-refractivity contribution in [2.75, 3.05) is 19.8 Å². The summed E-state index contributed by atoms with van der Waals surface area (Å²) in [6, 6.07) is 1.25. The fourth-order valence-electron chi connectivity index (χ4n) is 1.05. The fourth-order valence-corrected chi connectivity index (χ4v) is 1.05. The molecule has 1 aromatic heterocycles. The van der Waals surface area contributed by atoms with Gasteiger partial charge in [-0.1, -0.05) is 0 Å². The van der Waals surface area contributed by atoms with Crippen LogP contribution in [0.15, 0.2) is 18.5 Å². The molecule has 17 heavy (non-hydrogen) atoms. The monoisotopic (exact) mass is 242 g/mol. The number of aromatic nitrogens is 1. The Morgan fingerprint density at radius 1 is 1.53 bits per heavy atom. The van der Waals surface area contributed by atoms with Gasteiger partial charge in [-0.25, -0.2) is 9.18 Å². The van der Waals surface area contributed by atoms with Crippen LogP contribution in [-0.4, -0.2) is 41.7 Å². The molecule has 0 spiro atoms. The lowest BCUT2D eigenvalue weighted by Crippen LogP contribution is -2.28. The van der Waals surface area contributed by atoms with E-state index >= 15 is 0 Å². The van der Waals surface area contributed by atoms with E-state index in [0.29, 0.717) is 0 Å². The highest BCUT2D eigenvalue weighted by Gasteiger charge is 2.10. The number of halogens is 1. The maximum Gasteiger partial charge on any atom is 0.329 e. The Kier molecular flexibility index (Phi) is 5.02. The van der Waals surface area contributed by atoms with Gasteiger partial charge in [0.1, 0.15) is 6.61 Å². The third kappa shape index (κ3) is 4.56. The standard InChI is InChI=1S/C10H11FN2O4/c11-8-5-12-2-1-7(8)10(16)13-3-4-17-6-9(14)15/h1-2,5H,3-4,6H2,(H,13,16)(H,14,15). The molecule has 0 bridgehead atoms. The summed E-state index contributed by atoms with van der Waals surface area (Å²) in [7, 11) is 0. The second-order valence-corrected chi connectivity index (χ2v) is 3.06. The van der Waals surface area contributed by atoms with Gasteiger partial charge in [-0.15, -0.1) is 0 Å². The zero-order valence-electron chi connectivity index (χ0n) is 8.85. The van der Waals surface area contributed by atoms with Crippen molar-refractivity contribution in [3.63, 3.8) is 0 Å². The van der Waals surface area contributed by atoms with Gasteiger partial charge in [0.15, 0.2) is 5.82 Å². The Bertz CT molecular complexity index is 411. The van der Waals surface area contributed by atoms with Crippen LogP contribution in [-0.2, 0) is 9.53 Å². The number of nitrogens with one attached hydrogen (secondary N) is 1. The summed E-state index contributed by atoms with van der Waals surface area (Å²) in [5.74, 6) is -2.39. The summed E-state index contributed by atoms with van der Waals surface area (Å²) >= 11 is 0. The lowest BCUT2D eigenvalue weighted by atomic mass is 10.2. The molecule has 1 rings (SSSR count). The van der Waals surface area contributed by atoms with E-state index in [1.54, 1.807) is 0 Å². The predicted octanol–water partition coefficient (Wildman–Crippen LogP) is 0.0517. The van der Waals surface area contributed by atoms with Crippen LogP contribution in [0.3, 0.4) is 0 Å². The van der Waals surface area contributed by atoms with Gasteiger partial charge in [-0.05, 0) is 6.07 Å². The van der Waals surface area contributed by atoms with Crippen molar-refractivity contribution >= 4 is 11.9 Å². The van der Waals surface area contributed by atoms with Gasteiger partial charge < -0.3 is 15.2 Å². The number of hydrogen-bond donors (Lipinski definition) is 2. The Labute approximate surface area is 96.4 Å². The van der Waals surface area contributed by atoms with E-state index < -0.39 is 24.3 Å². The first-order chi connectivity index (χ1) is 8.11. The molecule has 1 amide bonds. The molecular formula is C10H11FN2O4. The SMILES string of the molecule is O=C(O)COCCNC(=O)c1ccncc1F. The van der Waals surface area contributed by atoms with Crippen molar-refractivity contribution in [1.82, 2.24) is 10.3 Å². The van der Waals surface area contributed by atoms with Crippen molar-refractivity contribution in [1.29, 1.82) is 0 Å². The number of amides is 1. The lowest BCUT2D eigenvalue weighted by molar-refractivity contribution is -0.142. The summed E-state index contributed by atoms with van der Waals surface area (Å²) < 4.78 is 17.8. The van der Waals surface area contributed by atoms with E-state index in [4.69, 9.17) is 9.84 Å². The predicted molar refractivity (Wildman–Crippen MR) is 55.0 cm³/mol. The summed E-state index contributed by atoms with van der Waals surface area (Å²) in [5, 5.41) is 10.7. The second-order valence-electron chi connectivity index (χ2n) is 3.06. The van der Waals surface area contributed by atoms with Crippen molar-refractivity contribution in [2.45, 2.75) is 0 Å². The number of ether oxygens (including phenoxy) is 1. The molecule has 0 fully saturated rings. The number of aliphatic carboxylic acids is 1. The van der Waals surface area contributed by atoms with Gasteiger partial charge in [-0.2, -0.15) is 0 Å². The molecule has 0 aliphatic rings. The van der Waals surface area contributed by atoms with E-state index in [1.165, 1.54) is 12.3 Å². The molecule has 1 heterocycles. The van der Waals surface area contributed by atoms with Gasteiger partial charge in [0.25, 0.3) is 5.91 Å². The van der Waals surface area contributed by atoms with E-state index in [-0.39, 0.29) is 18.7 Å². The quantitative estimate of drug-likeness (QED) is 0.688. The molecule has 0 aromatic carbocycles. The van der Waals surface area contributed by atoms with Crippen LogP contribution in [0.25, 0.3) is 0 Å². The first kappa shape index (κ1) is 13.0. The molecular weight excluding hydrogens is 231 g/mol. The molecule has 7 heteroatoms. The van der Waals surface area contributed by atoms with E-state index in [2.05, 4.69) is 10.3 Å². The largest absolute Gasteiger partial charge is 0.480 e. The molecule has 1 aromatic rings. The number of nitrogens with zero attached hydrogens (tertiary/aromatic N) is 1. The minimum Gasteiger partial charge on any atom is -0.480 e. The van der Waals surface area contributed by atoms with Gasteiger partial charge in [0.2, 0.25) is 0 Å². The first-order valence-corrected chi connectivity index (χ1v) is 4.78. The van der Waals surface area contributed by atoms with Gasteiger partial charge in [0, 0.05) is 12.7 Å².